The van der Waals surface area contributed by atoms with Gasteiger partial charge in [0.15, 0.2) is 0 Å². The van der Waals surface area contributed by atoms with E-state index < -0.39 is 5.54 Å². The Kier molecular flexibility index (Phi) is 5.53. The van der Waals surface area contributed by atoms with Crippen molar-refractivity contribution in [3.05, 3.63) is 31.3 Å². The largest absolute Gasteiger partial charge is 0.394 e. The lowest BCUT2D eigenvalue weighted by Crippen LogP contribution is -2.54. The molecule has 7 heteroatoms. The van der Waals surface area contributed by atoms with Crippen molar-refractivity contribution in [2.24, 2.45) is 0 Å². The van der Waals surface area contributed by atoms with Gasteiger partial charge in [-0.3, -0.25) is 4.79 Å². The third-order valence-electron chi connectivity index (χ3n) is 3.37. The third-order valence-corrected chi connectivity index (χ3v) is 5.37. The highest BCUT2D eigenvalue weighted by Gasteiger charge is 2.34. The Bertz CT molecular complexity index is 519. The molecule has 2 N–H and O–H groups in total. The van der Waals surface area contributed by atoms with Gasteiger partial charge in [0.25, 0.3) is 5.91 Å². The van der Waals surface area contributed by atoms with Crippen LogP contribution in [0.1, 0.15) is 23.2 Å². The minimum atomic E-state index is -0.632. The number of halogens is 3. The molecule has 4 nitrogen and oxygen atoms in total. The summed E-state index contributed by atoms with van der Waals surface area (Å²) in [6.45, 7) is 0.926. The predicted molar refractivity (Wildman–Crippen MR) is 86.5 cm³/mol. The molecule has 1 fully saturated rings. The molecule has 0 atom stereocenters. The SMILES string of the molecule is O=C(NC1(CO)CCOCC1)c1cc(Cl)cc(Cl)c1I. The number of hydrogen-bond acceptors (Lipinski definition) is 3. The lowest BCUT2D eigenvalue weighted by atomic mass is 9.90. The van der Waals surface area contributed by atoms with Crippen LogP contribution in [0.5, 0.6) is 0 Å². The van der Waals surface area contributed by atoms with Crippen molar-refractivity contribution in [2.75, 3.05) is 19.8 Å². The van der Waals surface area contributed by atoms with Crippen LogP contribution in [0.3, 0.4) is 0 Å². The number of nitrogens with one attached hydrogen (secondary N) is 1. The van der Waals surface area contributed by atoms with Crippen LogP contribution in [0.15, 0.2) is 12.1 Å². The molecule has 2 rings (SSSR count). The second-order valence-corrected chi connectivity index (χ2v) is 6.68. The summed E-state index contributed by atoms with van der Waals surface area (Å²) in [5, 5.41) is 13.3. The monoisotopic (exact) mass is 429 g/mol. The maximum Gasteiger partial charge on any atom is 0.252 e. The molecular weight excluding hydrogens is 416 g/mol. The molecule has 1 amide bonds. The van der Waals surface area contributed by atoms with Crippen molar-refractivity contribution in [1.29, 1.82) is 0 Å². The molecule has 0 aromatic heterocycles. The fourth-order valence-corrected chi connectivity index (χ4v) is 3.16. The van der Waals surface area contributed by atoms with Crippen LogP contribution in [-0.2, 0) is 4.74 Å². The van der Waals surface area contributed by atoms with Gasteiger partial charge < -0.3 is 15.2 Å². The molecule has 1 aromatic rings. The first-order valence-corrected chi connectivity index (χ1v) is 7.96. The Morgan fingerprint density at radius 2 is 2.05 bits per heavy atom. The van der Waals surface area contributed by atoms with Crippen molar-refractivity contribution in [1.82, 2.24) is 5.32 Å². The summed E-state index contributed by atoms with van der Waals surface area (Å²) < 4.78 is 5.91. The first kappa shape index (κ1) is 16.3. The third kappa shape index (κ3) is 3.57. The van der Waals surface area contributed by atoms with Crippen LogP contribution < -0.4 is 5.32 Å². The molecule has 0 bridgehead atoms. The zero-order valence-electron chi connectivity index (χ0n) is 10.6. The van der Waals surface area contributed by atoms with Crippen LogP contribution in [0.4, 0.5) is 0 Å². The van der Waals surface area contributed by atoms with Crippen molar-refractivity contribution in [2.45, 2.75) is 18.4 Å². The maximum atomic E-state index is 12.4. The van der Waals surface area contributed by atoms with Gasteiger partial charge in [-0.2, -0.15) is 0 Å². The molecule has 1 aliphatic rings. The zero-order chi connectivity index (χ0) is 14.8. The van der Waals surface area contributed by atoms with E-state index in [0.717, 1.165) is 0 Å². The quantitative estimate of drug-likeness (QED) is 0.573. The molecule has 1 aromatic carbocycles. The van der Waals surface area contributed by atoms with Gasteiger partial charge in [-0.15, -0.1) is 0 Å². The molecule has 1 heterocycles. The summed E-state index contributed by atoms with van der Waals surface area (Å²) in [5.41, 5.74) is -0.213. The van der Waals surface area contributed by atoms with Crippen LogP contribution in [0.25, 0.3) is 0 Å². The molecule has 20 heavy (non-hydrogen) atoms. The van der Waals surface area contributed by atoms with Gasteiger partial charge in [0, 0.05) is 21.8 Å². The number of rotatable bonds is 3. The van der Waals surface area contributed by atoms with Gasteiger partial charge >= 0.3 is 0 Å². The number of hydrogen-bond donors (Lipinski definition) is 2. The Morgan fingerprint density at radius 1 is 1.40 bits per heavy atom. The molecule has 0 saturated carbocycles. The van der Waals surface area contributed by atoms with Crippen molar-refractivity contribution in [3.8, 4) is 0 Å². The van der Waals surface area contributed by atoms with Crippen LogP contribution in [0, 0.1) is 3.57 Å². The molecule has 1 saturated heterocycles. The fraction of sp³-hybridized carbons (Fsp3) is 0.462. The van der Waals surface area contributed by atoms with Gasteiger partial charge in [-0.1, -0.05) is 23.2 Å². The molecule has 1 aliphatic heterocycles. The molecule has 0 radical (unpaired) electrons. The van der Waals surface area contributed by atoms with Crippen LogP contribution in [-0.4, -0.2) is 36.4 Å². The van der Waals surface area contributed by atoms with Crippen molar-refractivity contribution >= 4 is 51.7 Å². The average molecular weight is 430 g/mol. The van der Waals surface area contributed by atoms with Crippen molar-refractivity contribution < 1.29 is 14.6 Å². The highest BCUT2D eigenvalue weighted by atomic mass is 127. The minimum Gasteiger partial charge on any atom is -0.394 e. The van der Waals surface area contributed by atoms with E-state index in [2.05, 4.69) is 5.32 Å². The average Bonchev–Trinajstić information content (AvgIpc) is 2.43. The number of carbonyl (C=O) groups is 1. The van der Waals surface area contributed by atoms with E-state index in [4.69, 9.17) is 27.9 Å². The molecular formula is C13H14Cl2INO3. The summed E-state index contributed by atoms with van der Waals surface area (Å²) in [7, 11) is 0. The summed E-state index contributed by atoms with van der Waals surface area (Å²) in [5.74, 6) is -0.283. The Labute approximate surface area is 140 Å². The van der Waals surface area contributed by atoms with E-state index in [1.807, 2.05) is 22.6 Å². The highest BCUT2D eigenvalue weighted by Crippen LogP contribution is 2.28. The van der Waals surface area contributed by atoms with Crippen LogP contribution in [0.2, 0.25) is 10.0 Å². The standard InChI is InChI=1S/C13H14Cl2INO3/c14-8-5-9(11(16)10(15)6-8)12(19)17-13(7-18)1-3-20-4-2-13/h5-6,18H,1-4,7H2,(H,17,19). The van der Waals surface area contributed by atoms with E-state index in [9.17, 15) is 9.90 Å². The van der Waals surface area contributed by atoms with Gasteiger partial charge in [-0.25, -0.2) is 0 Å². The minimum absolute atomic E-state index is 0.118. The topological polar surface area (TPSA) is 58.6 Å². The summed E-state index contributed by atoms with van der Waals surface area (Å²) in [6, 6.07) is 3.17. The highest BCUT2D eigenvalue weighted by molar-refractivity contribution is 14.1. The van der Waals surface area contributed by atoms with Crippen molar-refractivity contribution in [3.63, 3.8) is 0 Å². The maximum absolute atomic E-state index is 12.4. The molecule has 0 aliphatic carbocycles. The Morgan fingerprint density at radius 3 is 2.65 bits per heavy atom. The second-order valence-electron chi connectivity index (χ2n) is 4.75. The van der Waals surface area contributed by atoms with E-state index >= 15 is 0 Å². The fourth-order valence-electron chi connectivity index (χ4n) is 2.11. The number of amides is 1. The Hall–Kier alpha value is -0.0800. The number of benzene rings is 1. The lowest BCUT2D eigenvalue weighted by molar-refractivity contribution is 0.0125. The van der Waals surface area contributed by atoms with Crippen LogP contribution >= 0.6 is 45.8 Å². The van der Waals surface area contributed by atoms with Gasteiger partial charge in [0.2, 0.25) is 0 Å². The molecule has 0 unspecified atom stereocenters. The predicted octanol–water partition coefficient (Wildman–Crippen LogP) is 2.87. The van der Waals surface area contributed by atoms with E-state index in [0.29, 0.717) is 45.2 Å². The second kappa shape index (κ2) is 6.79. The number of aliphatic hydroxyl groups excluding tert-OH is 1. The summed E-state index contributed by atoms with van der Waals surface area (Å²) in [6.07, 6.45) is 1.17. The van der Waals surface area contributed by atoms with Gasteiger partial charge in [0.05, 0.1) is 22.7 Å². The smallest absolute Gasteiger partial charge is 0.252 e. The molecule has 0 spiro atoms. The van der Waals surface area contributed by atoms with E-state index in [-0.39, 0.29) is 12.5 Å². The first-order valence-electron chi connectivity index (χ1n) is 6.13. The summed E-state index contributed by atoms with van der Waals surface area (Å²) in [4.78, 5) is 12.4. The number of aliphatic hydroxyl groups is 1. The zero-order valence-corrected chi connectivity index (χ0v) is 14.3. The Balaban J connectivity index is 2.23. The normalized spacial score (nSPS) is 17.8. The first-order chi connectivity index (χ1) is 9.47. The van der Waals surface area contributed by atoms with Gasteiger partial charge in [0.1, 0.15) is 0 Å². The van der Waals surface area contributed by atoms with E-state index in [1.54, 1.807) is 12.1 Å². The number of ether oxygens (including phenoxy) is 1. The summed E-state index contributed by atoms with van der Waals surface area (Å²) >= 11 is 14.0. The lowest BCUT2D eigenvalue weighted by Gasteiger charge is -2.36. The van der Waals surface area contributed by atoms with E-state index in [1.165, 1.54) is 0 Å². The number of carbonyl (C=O) groups excluding carboxylic acids is 1. The molecule has 110 valence electrons. The van der Waals surface area contributed by atoms with Gasteiger partial charge in [-0.05, 0) is 47.6 Å².